The van der Waals surface area contributed by atoms with Crippen LogP contribution in [0.4, 0.5) is 0 Å². The fourth-order valence-corrected chi connectivity index (χ4v) is 8.54. The lowest BCUT2D eigenvalue weighted by atomic mass is 9.40. The molecule has 6 rings (SSSR count). The molecule has 0 aromatic carbocycles. The summed E-state index contributed by atoms with van der Waals surface area (Å²) in [6, 6.07) is 1.84. The number of hydrogen-bond donors (Lipinski definition) is 0. The summed E-state index contributed by atoms with van der Waals surface area (Å²) in [6.07, 6.45) is 5.84. The van der Waals surface area contributed by atoms with Crippen molar-refractivity contribution in [1.82, 2.24) is 0 Å². The van der Waals surface area contributed by atoms with Crippen molar-refractivity contribution in [2.45, 2.75) is 65.6 Å². The third kappa shape index (κ3) is 2.93. The molecule has 192 valence electrons. The quantitative estimate of drug-likeness (QED) is 0.344. The first-order chi connectivity index (χ1) is 17.0. The molecule has 2 bridgehead atoms. The SMILES string of the molecule is CC(=O)O[C@@H]1[C@H]2C=C3[C@@H]4CC(=O)O[C@@H](c5ccoc5)[C@]4(C)CC[C@@H]3[C@@](C)(C2=O)[C@H]2CC(=O)OC[C@]12C. The standard InChI is InChI=1S/C28H32O8/c1-14(29)35-25-17-9-16-18(28(4,23(17)32)20-11-21(30)34-13-27(20,25)3)5-7-26(2)19(16)10-22(31)36-24(26)15-6-8-33-12-15/h6,8-9,12,17-20,24-25H,5,7,10-11,13H2,1-4H3/t17-,18-,19-,20-,24-,25+,26+,27-,28+/m0/s1. The van der Waals surface area contributed by atoms with E-state index in [9.17, 15) is 19.2 Å². The Morgan fingerprint density at radius 3 is 2.53 bits per heavy atom. The van der Waals surface area contributed by atoms with E-state index >= 15 is 0 Å². The number of hydrogen-bond acceptors (Lipinski definition) is 8. The van der Waals surface area contributed by atoms with E-state index in [0.717, 1.165) is 24.0 Å². The molecule has 3 aliphatic carbocycles. The second kappa shape index (κ2) is 7.56. The molecule has 0 N–H and O–H groups in total. The molecule has 1 aromatic rings. The van der Waals surface area contributed by atoms with Crippen LogP contribution >= 0.6 is 0 Å². The number of cyclic esters (lactones) is 2. The van der Waals surface area contributed by atoms with Crippen molar-refractivity contribution in [1.29, 1.82) is 0 Å². The minimum Gasteiger partial charge on any atom is -0.472 e. The topological polar surface area (TPSA) is 109 Å². The molecule has 8 nitrogen and oxygen atoms in total. The molecular formula is C28H32O8. The van der Waals surface area contributed by atoms with Gasteiger partial charge in [-0.25, -0.2) is 0 Å². The first-order valence-electron chi connectivity index (χ1n) is 12.8. The number of ether oxygens (including phenoxy) is 3. The summed E-state index contributed by atoms with van der Waals surface area (Å²) in [5.74, 6) is -2.29. The minimum atomic E-state index is -0.826. The monoisotopic (exact) mass is 496 g/mol. The van der Waals surface area contributed by atoms with Crippen molar-refractivity contribution < 1.29 is 37.8 Å². The Morgan fingerprint density at radius 2 is 1.83 bits per heavy atom. The molecule has 3 heterocycles. The zero-order valence-corrected chi connectivity index (χ0v) is 21.1. The third-order valence-corrected chi connectivity index (χ3v) is 10.3. The van der Waals surface area contributed by atoms with Crippen molar-refractivity contribution in [3.8, 4) is 0 Å². The van der Waals surface area contributed by atoms with Gasteiger partial charge in [0.1, 0.15) is 24.6 Å². The van der Waals surface area contributed by atoms with Crippen molar-refractivity contribution in [3.63, 3.8) is 0 Å². The highest BCUT2D eigenvalue weighted by molar-refractivity contribution is 5.94. The fraction of sp³-hybridized carbons (Fsp3) is 0.643. The number of furan rings is 1. The van der Waals surface area contributed by atoms with Gasteiger partial charge in [0.15, 0.2) is 0 Å². The van der Waals surface area contributed by atoms with Crippen LogP contribution in [0.1, 0.15) is 65.0 Å². The Labute approximate surface area is 209 Å². The van der Waals surface area contributed by atoms with Crippen LogP contribution in [-0.2, 0) is 33.4 Å². The summed E-state index contributed by atoms with van der Waals surface area (Å²) in [4.78, 5) is 51.7. The number of rotatable bonds is 2. The van der Waals surface area contributed by atoms with Gasteiger partial charge in [-0.05, 0) is 36.7 Å². The molecule has 9 atom stereocenters. The summed E-state index contributed by atoms with van der Waals surface area (Å²) in [5, 5.41) is 0. The molecule has 36 heavy (non-hydrogen) atoms. The van der Waals surface area contributed by atoms with Crippen LogP contribution in [-0.4, -0.2) is 36.4 Å². The maximum atomic E-state index is 14.1. The first kappa shape index (κ1) is 23.5. The molecule has 0 radical (unpaired) electrons. The van der Waals surface area contributed by atoms with Crippen LogP contribution in [0.2, 0.25) is 0 Å². The fourth-order valence-electron chi connectivity index (χ4n) is 8.54. The molecule has 0 amide bonds. The van der Waals surface area contributed by atoms with Crippen LogP contribution in [0.25, 0.3) is 0 Å². The van der Waals surface area contributed by atoms with Crippen LogP contribution in [0.5, 0.6) is 0 Å². The zero-order chi connectivity index (χ0) is 25.6. The second-order valence-electron chi connectivity index (χ2n) is 12.1. The Morgan fingerprint density at radius 1 is 1.06 bits per heavy atom. The highest BCUT2D eigenvalue weighted by Gasteiger charge is 2.71. The summed E-state index contributed by atoms with van der Waals surface area (Å²) >= 11 is 0. The maximum Gasteiger partial charge on any atom is 0.307 e. The number of carbonyl (C=O) groups is 4. The van der Waals surface area contributed by atoms with Crippen LogP contribution in [0.15, 0.2) is 34.7 Å². The predicted molar refractivity (Wildman–Crippen MR) is 124 cm³/mol. The molecule has 2 aliphatic heterocycles. The molecule has 5 aliphatic rings. The van der Waals surface area contributed by atoms with Gasteiger partial charge in [0.05, 0.1) is 31.3 Å². The molecule has 1 aromatic heterocycles. The van der Waals surface area contributed by atoms with Gasteiger partial charge in [-0.1, -0.05) is 32.4 Å². The van der Waals surface area contributed by atoms with E-state index in [1.807, 2.05) is 26.0 Å². The molecule has 2 saturated heterocycles. The molecular weight excluding hydrogens is 464 g/mol. The summed E-state index contributed by atoms with van der Waals surface area (Å²) in [6.45, 7) is 7.57. The van der Waals surface area contributed by atoms with Crippen LogP contribution in [0.3, 0.4) is 0 Å². The Kier molecular flexibility index (Phi) is 4.93. The van der Waals surface area contributed by atoms with Gasteiger partial charge in [-0.2, -0.15) is 0 Å². The molecule has 0 unspecified atom stereocenters. The third-order valence-electron chi connectivity index (χ3n) is 10.3. The number of allylic oxidation sites excluding steroid dienone is 1. The zero-order valence-electron chi connectivity index (χ0n) is 21.1. The van der Waals surface area contributed by atoms with E-state index < -0.39 is 34.9 Å². The van der Waals surface area contributed by atoms with Gasteiger partial charge in [-0.15, -0.1) is 0 Å². The first-order valence-corrected chi connectivity index (χ1v) is 12.8. The predicted octanol–water partition coefficient (Wildman–Crippen LogP) is 3.95. The molecule has 2 saturated carbocycles. The summed E-state index contributed by atoms with van der Waals surface area (Å²) < 4.78 is 22.5. The van der Waals surface area contributed by atoms with Crippen molar-refractivity contribution in [2.75, 3.05) is 6.61 Å². The summed E-state index contributed by atoms with van der Waals surface area (Å²) in [7, 11) is 0. The number of ketones is 1. The molecule has 8 heteroatoms. The Hall–Kier alpha value is -2.90. The van der Waals surface area contributed by atoms with Gasteiger partial charge in [0.25, 0.3) is 0 Å². The second-order valence-corrected chi connectivity index (χ2v) is 12.1. The van der Waals surface area contributed by atoms with Crippen molar-refractivity contribution in [3.05, 3.63) is 35.8 Å². The lowest BCUT2D eigenvalue weighted by molar-refractivity contribution is -0.218. The highest BCUT2D eigenvalue weighted by atomic mass is 16.6. The normalized spacial score (nSPS) is 45.3. The number of Topliss-reactive ketones (excluding diaryl/α,β-unsaturated/α-hetero) is 1. The lowest BCUT2D eigenvalue weighted by Crippen LogP contribution is -2.69. The highest BCUT2D eigenvalue weighted by Crippen LogP contribution is 2.68. The Bertz CT molecular complexity index is 1180. The van der Waals surface area contributed by atoms with Gasteiger partial charge < -0.3 is 18.6 Å². The number of fused-ring (bicyclic) bond motifs is 8. The van der Waals surface area contributed by atoms with E-state index in [0.29, 0.717) is 0 Å². The molecule has 4 fully saturated rings. The van der Waals surface area contributed by atoms with E-state index in [2.05, 4.69) is 6.92 Å². The molecule has 0 spiro atoms. The van der Waals surface area contributed by atoms with Gasteiger partial charge in [0.2, 0.25) is 0 Å². The van der Waals surface area contributed by atoms with Crippen molar-refractivity contribution >= 4 is 23.7 Å². The van der Waals surface area contributed by atoms with E-state index in [4.69, 9.17) is 18.6 Å². The van der Waals surface area contributed by atoms with E-state index in [1.165, 1.54) is 6.92 Å². The number of esters is 3. The van der Waals surface area contributed by atoms with Crippen molar-refractivity contribution in [2.24, 2.45) is 39.9 Å². The summed E-state index contributed by atoms with van der Waals surface area (Å²) in [5.41, 5.74) is 0.0116. The Balaban J connectivity index is 1.51. The smallest absolute Gasteiger partial charge is 0.307 e. The van der Waals surface area contributed by atoms with Crippen LogP contribution < -0.4 is 0 Å². The van der Waals surface area contributed by atoms with Gasteiger partial charge in [0, 0.05) is 28.7 Å². The average molecular weight is 497 g/mol. The maximum absolute atomic E-state index is 14.1. The van der Waals surface area contributed by atoms with E-state index in [1.54, 1.807) is 12.5 Å². The lowest BCUT2D eigenvalue weighted by Gasteiger charge is -2.64. The van der Waals surface area contributed by atoms with Crippen LogP contribution in [0, 0.1) is 39.9 Å². The van der Waals surface area contributed by atoms with E-state index in [-0.39, 0.29) is 60.3 Å². The largest absolute Gasteiger partial charge is 0.472 e. The van der Waals surface area contributed by atoms with Gasteiger partial charge >= 0.3 is 17.9 Å². The van der Waals surface area contributed by atoms with Gasteiger partial charge in [-0.3, -0.25) is 19.2 Å². The minimum absolute atomic E-state index is 0.0213. The number of carbonyl (C=O) groups excluding carboxylic acids is 4. The average Bonchev–Trinajstić information content (AvgIpc) is 3.35.